The first-order valence-corrected chi connectivity index (χ1v) is 24.6. The molecule has 2 heterocycles. The van der Waals surface area contributed by atoms with Crippen molar-refractivity contribution in [1.82, 2.24) is 14.5 Å². The highest BCUT2D eigenvalue weighted by Crippen LogP contribution is 2.47. The Balaban J connectivity index is 1.32. The number of nitrogens with zero attached hydrogens (tertiary/aromatic N) is 3. The molecule has 0 aliphatic rings. The summed E-state index contributed by atoms with van der Waals surface area (Å²) in [6.45, 7) is 16.9. The standard InChI is InChI=1S/C67H63N3O/c1-43-35-61(56(46-25-18-13-19-26-46)42-55(43)47-29-31-52(32-30-47)65(2,3)4)70-60-28-20-27-54(62(60)69-64(70)57-40-53(66(5,6)7)41-58(63(57)71)67(8,9)10)50-36-49(45-23-16-12-17-24-45)37-51(38-50)59-39-48(33-34-68-59)44-21-14-11-15-22-44/h11-42,71H,1-10H3/i1D3. The van der Waals surface area contributed by atoms with Crippen LogP contribution in [-0.4, -0.2) is 19.6 Å². The quantitative estimate of drug-likeness (QED) is 0.165. The van der Waals surface area contributed by atoms with Crippen LogP contribution in [0.5, 0.6) is 5.75 Å². The highest BCUT2D eigenvalue weighted by atomic mass is 16.3. The molecule has 4 heteroatoms. The third-order valence-electron chi connectivity index (χ3n) is 13.7. The number of aromatic nitrogens is 3. The lowest BCUT2D eigenvalue weighted by Crippen LogP contribution is -2.17. The van der Waals surface area contributed by atoms with Crippen molar-refractivity contribution < 1.29 is 9.22 Å². The molecule has 71 heavy (non-hydrogen) atoms. The summed E-state index contributed by atoms with van der Waals surface area (Å²) in [7, 11) is 0. The average Bonchev–Trinajstić information content (AvgIpc) is 3.78. The van der Waals surface area contributed by atoms with E-state index in [9.17, 15) is 5.11 Å². The first kappa shape index (κ1) is 43.2. The van der Waals surface area contributed by atoms with E-state index < -0.39 is 12.3 Å². The third kappa shape index (κ3) is 9.23. The highest BCUT2D eigenvalue weighted by Gasteiger charge is 2.30. The van der Waals surface area contributed by atoms with E-state index in [1.165, 1.54) is 0 Å². The van der Waals surface area contributed by atoms with E-state index in [0.717, 1.165) is 83.5 Å². The second kappa shape index (κ2) is 18.2. The van der Waals surface area contributed by atoms with Gasteiger partial charge >= 0.3 is 0 Å². The zero-order valence-corrected chi connectivity index (χ0v) is 42.3. The molecule has 0 saturated heterocycles. The fourth-order valence-corrected chi connectivity index (χ4v) is 9.70. The van der Waals surface area contributed by atoms with E-state index >= 15 is 0 Å². The molecular weight excluding hydrogens is 863 g/mol. The maximum absolute atomic E-state index is 12.8. The minimum absolute atomic E-state index is 0.0837. The van der Waals surface area contributed by atoms with E-state index in [2.05, 4.69) is 176 Å². The lowest BCUT2D eigenvalue weighted by molar-refractivity contribution is 0.446. The highest BCUT2D eigenvalue weighted by molar-refractivity contribution is 5.99. The Morgan fingerprint density at radius 2 is 1.03 bits per heavy atom. The lowest BCUT2D eigenvalue weighted by Gasteiger charge is -2.28. The van der Waals surface area contributed by atoms with E-state index in [1.807, 2.05) is 85.1 Å². The number of phenols is 1. The van der Waals surface area contributed by atoms with Gasteiger partial charge in [0.05, 0.1) is 28.0 Å². The van der Waals surface area contributed by atoms with Crippen LogP contribution in [-0.2, 0) is 16.2 Å². The molecule has 0 aliphatic carbocycles. The first-order valence-electron chi connectivity index (χ1n) is 26.1. The van der Waals surface area contributed by atoms with Gasteiger partial charge in [-0.1, -0.05) is 196 Å². The van der Waals surface area contributed by atoms with Gasteiger partial charge in [-0.05, 0) is 139 Å². The van der Waals surface area contributed by atoms with Crippen LogP contribution in [0.3, 0.4) is 0 Å². The zero-order chi connectivity index (χ0) is 52.3. The van der Waals surface area contributed by atoms with Gasteiger partial charge < -0.3 is 5.11 Å². The number of hydrogen-bond donors (Lipinski definition) is 1. The van der Waals surface area contributed by atoms with E-state index in [-0.39, 0.29) is 22.1 Å². The molecule has 10 aromatic rings. The van der Waals surface area contributed by atoms with E-state index in [4.69, 9.17) is 14.1 Å². The molecule has 0 unspecified atom stereocenters. The monoisotopic (exact) mass is 929 g/mol. The van der Waals surface area contributed by atoms with Crippen LogP contribution < -0.4 is 0 Å². The predicted molar refractivity (Wildman–Crippen MR) is 299 cm³/mol. The van der Waals surface area contributed by atoms with Crippen molar-refractivity contribution in [2.45, 2.75) is 85.4 Å². The van der Waals surface area contributed by atoms with Crippen LogP contribution in [0.2, 0.25) is 0 Å². The molecule has 352 valence electrons. The largest absolute Gasteiger partial charge is 0.507 e. The van der Waals surface area contributed by atoms with Crippen molar-refractivity contribution in [3.05, 3.63) is 217 Å². The molecule has 0 spiro atoms. The summed E-state index contributed by atoms with van der Waals surface area (Å²) in [5.74, 6) is 0.628. The van der Waals surface area contributed by atoms with Crippen LogP contribution in [0.25, 0.3) is 95.0 Å². The summed E-state index contributed by atoms with van der Waals surface area (Å²) in [6.07, 6.45) is 1.87. The Bertz CT molecular complexity index is 3690. The molecule has 0 bridgehead atoms. The lowest BCUT2D eigenvalue weighted by atomic mass is 9.79. The van der Waals surface area contributed by atoms with Gasteiger partial charge in [0, 0.05) is 32.6 Å². The Hall–Kier alpha value is -7.82. The molecule has 2 aromatic heterocycles. The zero-order valence-electron chi connectivity index (χ0n) is 45.3. The second-order valence-corrected chi connectivity index (χ2v) is 21.9. The van der Waals surface area contributed by atoms with Crippen molar-refractivity contribution >= 4 is 11.0 Å². The van der Waals surface area contributed by atoms with Crippen LogP contribution >= 0.6 is 0 Å². The van der Waals surface area contributed by atoms with Gasteiger partial charge in [-0.3, -0.25) is 9.55 Å². The van der Waals surface area contributed by atoms with Gasteiger partial charge in [-0.2, -0.15) is 0 Å². The van der Waals surface area contributed by atoms with Crippen molar-refractivity contribution in [3.63, 3.8) is 0 Å². The molecule has 0 saturated carbocycles. The topological polar surface area (TPSA) is 50.9 Å². The van der Waals surface area contributed by atoms with Gasteiger partial charge in [0.15, 0.2) is 0 Å². The van der Waals surface area contributed by atoms with Crippen molar-refractivity contribution in [1.29, 1.82) is 0 Å². The molecule has 0 amide bonds. The number of pyridine rings is 1. The maximum Gasteiger partial charge on any atom is 0.149 e. The summed E-state index contributed by atoms with van der Waals surface area (Å²) in [5.41, 5.74) is 16.0. The summed E-state index contributed by atoms with van der Waals surface area (Å²) < 4.78 is 29.6. The Kier molecular flexibility index (Phi) is 11.1. The molecule has 0 fully saturated rings. The molecule has 0 radical (unpaired) electrons. The predicted octanol–water partition coefficient (Wildman–Crippen LogP) is 18.0. The molecule has 8 aromatic carbocycles. The number of para-hydroxylation sites is 1. The van der Waals surface area contributed by atoms with Crippen LogP contribution in [0.4, 0.5) is 0 Å². The number of phenolic OH excluding ortho intramolecular Hbond substituents is 1. The molecule has 1 N–H and O–H groups in total. The smallest absolute Gasteiger partial charge is 0.149 e. The SMILES string of the molecule is [2H]C([2H])([2H])c1cc(-n2c(-c3cc(C(C)(C)C)cc(C(C)(C)C)c3O)nc3c(-c4cc(-c5ccccc5)cc(-c5cc(-c6ccccc6)ccn5)c4)cccc32)c(-c2ccccc2)cc1-c1ccc(C(C)(C)C)cc1. The number of aromatic hydroxyl groups is 1. The molecule has 0 aliphatic heterocycles. The van der Waals surface area contributed by atoms with Gasteiger partial charge in [0.2, 0.25) is 0 Å². The summed E-state index contributed by atoms with van der Waals surface area (Å²) in [5, 5.41) is 12.8. The van der Waals surface area contributed by atoms with Gasteiger partial charge in [-0.25, -0.2) is 4.98 Å². The Morgan fingerprint density at radius 1 is 0.437 bits per heavy atom. The van der Waals surface area contributed by atoms with Gasteiger partial charge in [0.1, 0.15) is 11.6 Å². The Morgan fingerprint density at radius 3 is 1.65 bits per heavy atom. The van der Waals surface area contributed by atoms with Crippen molar-refractivity contribution in [2.24, 2.45) is 0 Å². The fraction of sp³-hybridized carbons (Fsp3) is 0.194. The maximum atomic E-state index is 12.8. The van der Waals surface area contributed by atoms with Crippen LogP contribution in [0.1, 0.15) is 88.7 Å². The first-order chi connectivity index (χ1) is 35.1. The number of imidazole rings is 1. The van der Waals surface area contributed by atoms with E-state index in [1.54, 1.807) is 0 Å². The number of benzene rings is 8. The summed E-state index contributed by atoms with van der Waals surface area (Å²) in [4.78, 5) is 10.6. The molecule has 4 nitrogen and oxygen atoms in total. The van der Waals surface area contributed by atoms with Gasteiger partial charge in [0.25, 0.3) is 0 Å². The number of fused-ring (bicyclic) bond motifs is 1. The normalized spacial score (nSPS) is 12.9. The van der Waals surface area contributed by atoms with Crippen molar-refractivity contribution in [2.75, 3.05) is 0 Å². The molecule has 0 atom stereocenters. The summed E-state index contributed by atoms with van der Waals surface area (Å²) >= 11 is 0. The molecular formula is C67H63N3O. The van der Waals surface area contributed by atoms with Gasteiger partial charge in [-0.15, -0.1) is 0 Å². The fourth-order valence-electron chi connectivity index (χ4n) is 9.70. The molecule has 10 rings (SSSR count). The van der Waals surface area contributed by atoms with Crippen LogP contribution in [0, 0.1) is 6.85 Å². The number of aryl methyl sites for hydroxylation is 1. The van der Waals surface area contributed by atoms with Crippen molar-refractivity contribution in [3.8, 4) is 89.7 Å². The van der Waals surface area contributed by atoms with E-state index in [0.29, 0.717) is 28.2 Å². The number of rotatable bonds is 8. The minimum Gasteiger partial charge on any atom is -0.507 e. The van der Waals surface area contributed by atoms with Crippen LogP contribution in [0.15, 0.2) is 194 Å². The second-order valence-electron chi connectivity index (χ2n) is 21.9. The third-order valence-corrected chi connectivity index (χ3v) is 13.7. The Labute approximate surface area is 424 Å². The minimum atomic E-state index is -2.50. The average molecular weight is 929 g/mol. The number of hydrogen-bond acceptors (Lipinski definition) is 3. The summed E-state index contributed by atoms with van der Waals surface area (Å²) in [6, 6.07) is 64.2.